The third-order valence-electron chi connectivity index (χ3n) is 2.98. The van der Waals surface area contributed by atoms with Gasteiger partial charge in [-0.1, -0.05) is 57.9 Å². The number of ether oxygens (including phenoxy) is 1. The normalized spacial score (nSPS) is 12.1. The molecule has 100 valence electrons. The van der Waals surface area contributed by atoms with Crippen LogP contribution < -0.4 is 4.74 Å². The molecule has 0 fully saturated rings. The second-order valence-electron chi connectivity index (χ2n) is 4.36. The number of halogens is 2. The van der Waals surface area contributed by atoms with Crippen LogP contribution in [0.1, 0.15) is 17.9 Å². The zero-order chi connectivity index (χ0) is 13.5. The second kappa shape index (κ2) is 7.56. The fourth-order valence-electron chi connectivity index (χ4n) is 1.93. The third kappa shape index (κ3) is 4.55. The second-order valence-corrected chi connectivity index (χ2v) is 5.44. The van der Waals surface area contributed by atoms with Crippen molar-refractivity contribution in [1.29, 1.82) is 0 Å². The Labute approximate surface area is 127 Å². The Morgan fingerprint density at radius 1 is 1.05 bits per heavy atom. The molecule has 0 N–H and O–H groups in total. The first kappa shape index (κ1) is 14.4. The van der Waals surface area contributed by atoms with Crippen LogP contribution in [0.15, 0.2) is 54.6 Å². The van der Waals surface area contributed by atoms with Crippen LogP contribution >= 0.6 is 27.5 Å². The van der Waals surface area contributed by atoms with Crippen LogP contribution in [0.25, 0.3) is 0 Å². The van der Waals surface area contributed by atoms with Crippen molar-refractivity contribution < 1.29 is 4.74 Å². The van der Waals surface area contributed by atoms with Gasteiger partial charge in [0.25, 0.3) is 0 Å². The summed E-state index contributed by atoms with van der Waals surface area (Å²) >= 11 is 9.59. The van der Waals surface area contributed by atoms with Crippen molar-refractivity contribution in [1.82, 2.24) is 0 Å². The molecule has 0 heterocycles. The number of alkyl halides is 1. The molecule has 0 aliphatic heterocycles. The molecule has 1 nitrogen and oxygen atoms in total. The van der Waals surface area contributed by atoms with Crippen LogP contribution in [0, 0.1) is 0 Å². The Balaban J connectivity index is 1.89. The van der Waals surface area contributed by atoms with Gasteiger partial charge in [0.15, 0.2) is 0 Å². The molecule has 0 aliphatic rings. The Morgan fingerprint density at radius 3 is 2.53 bits per heavy atom. The average Bonchev–Trinajstić information content (AvgIpc) is 2.45. The fraction of sp³-hybridized carbons (Fsp3) is 0.250. The minimum atomic E-state index is 0.419. The smallest absolute Gasteiger partial charge is 0.119 e. The van der Waals surface area contributed by atoms with E-state index >= 15 is 0 Å². The summed E-state index contributed by atoms with van der Waals surface area (Å²) in [6, 6.07) is 17.9. The molecule has 2 rings (SSSR count). The van der Waals surface area contributed by atoms with Crippen LogP contribution in [0.2, 0.25) is 5.02 Å². The maximum absolute atomic E-state index is 6.03. The third-order valence-corrected chi connectivity index (χ3v) is 4.00. The van der Waals surface area contributed by atoms with E-state index in [0.29, 0.717) is 12.5 Å². The summed E-state index contributed by atoms with van der Waals surface area (Å²) in [6.45, 7) is 0.701. The molecule has 1 atom stereocenters. The first-order valence-corrected chi connectivity index (χ1v) is 7.79. The van der Waals surface area contributed by atoms with E-state index in [1.54, 1.807) is 0 Å². The molecule has 0 amide bonds. The van der Waals surface area contributed by atoms with Gasteiger partial charge in [-0.15, -0.1) is 0 Å². The molecular weight excluding hydrogens is 324 g/mol. The lowest BCUT2D eigenvalue weighted by molar-refractivity contribution is 0.302. The summed E-state index contributed by atoms with van der Waals surface area (Å²) in [6.07, 6.45) is 0.959. The van der Waals surface area contributed by atoms with Gasteiger partial charge in [0.05, 0.1) is 6.61 Å². The topological polar surface area (TPSA) is 9.23 Å². The molecule has 0 spiro atoms. The monoisotopic (exact) mass is 338 g/mol. The largest absolute Gasteiger partial charge is 0.494 e. The molecule has 0 radical (unpaired) electrons. The van der Waals surface area contributed by atoms with Gasteiger partial charge in [-0.3, -0.25) is 0 Å². The molecular formula is C16H16BrClO. The zero-order valence-electron chi connectivity index (χ0n) is 10.6. The van der Waals surface area contributed by atoms with Crippen molar-refractivity contribution in [3.05, 3.63) is 65.2 Å². The maximum Gasteiger partial charge on any atom is 0.119 e. The van der Waals surface area contributed by atoms with Crippen molar-refractivity contribution in [3.63, 3.8) is 0 Å². The van der Waals surface area contributed by atoms with Gasteiger partial charge in [-0.05, 0) is 42.2 Å². The fourth-order valence-corrected chi connectivity index (χ4v) is 2.83. The predicted octanol–water partition coefficient (Wildman–Crippen LogP) is 5.29. The molecule has 19 heavy (non-hydrogen) atoms. The van der Waals surface area contributed by atoms with Crippen molar-refractivity contribution in [2.24, 2.45) is 0 Å². The van der Waals surface area contributed by atoms with Gasteiger partial charge in [0.2, 0.25) is 0 Å². The molecule has 0 bridgehead atoms. The van der Waals surface area contributed by atoms with Crippen LogP contribution in [0.5, 0.6) is 5.75 Å². The number of benzene rings is 2. The quantitative estimate of drug-likeness (QED) is 0.650. The summed E-state index contributed by atoms with van der Waals surface area (Å²) in [4.78, 5) is 0. The number of hydrogen-bond acceptors (Lipinski definition) is 1. The first-order chi connectivity index (χ1) is 9.29. The van der Waals surface area contributed by atoms with E-state index in [4.69, 9.17) is 16.3 Å². The summed E-state index contributed by atoms with van der Waals surface area (Å²) < 4.78 is 5.74. The molecule has 0 saturated carbocycles. The van der Waals surface area contributed by atoms with Gasteiger partial charge in [0.1, 0.15) is 5.75 Å². The summed E-state index contributed by atoms with van der Waals surface area (Å²) in [5.74, 6) is 1.34. The van der Waals surface area contributed by atoms with Crippen LogP contribution in [0.4, 0.5) is 0 Å². The highest BCUT2D eigenvalue weighted by atomic mass is 79.9. The van der Waals surface area contributed by atoms with E-state index in [2.05, 4.69) is 22.0 Å². The molecule has 2 aromatic carbocycles. The number of rotatable bonds is 6. The van der Waals surface area contributed by atoms with Crippen molar-refractivity contribution in [3.8, 4) is 5.75 Å². The van der Waals surface area contributed by atoms with Gasteiger partial charge in [0, 0.05) is 10.4 Å². The van der Waals surface area contributed by atoms with E-state index in [9.17, 15) is 0 Å². The van der Waals surface area contributed by atoms with Gasteiger partial charge >= 0.3 is 0 Å². The minimum absolute atomic E-state index is 0.419. The Morgan fingerprint density at radius 2 is 1.84 bits per heavy atom. The number of para-hydroxylation sites is 1. The molecule has 0 aliphatic carbocycles. The molecule has 0 aromatic heterocycles. The molecule has 0 saturated heterocycles. The Kier molecular flexibility index (Phi) is 5.74. The van der Waals surface area contributed by atoms with Crippen molar-refractivity contribution in [2.45, 2.75) is 12.3 Å². The van der Waals surface area contributed by atoms with Crippen molar-refractivity contribution in [2.75, 3.05) is 11.9 Å². The Hall–Kier alpha value is -0.990. The van der Waals surface area contributed by atoms with E-state index in [1.807, 2.05) is 48.5 Å². The Bertz CT molecular complexity index is 501. The summed E-state index contributed by atoms with van der Waals surface area (Å²) in [5, 5.41) is 1.69. The van der Waals surface area contributed by atoms with E-state index < -0.39 is 0 Å². The van der Waals surface area contributed by atoms with Crippen LogP contribution in [-0.4, -0.2) is 11.9 Å². The van der Waals surface area contributed by atoms with Gasteiger partial charge in [-0.2, -0.15) is 0 Å². The lowest BCUT2D eigenvalue weighted by Gasteiger charge is -2.15. The van der Waals surface area contributed by atoms with E-state index in [-0.39, 0.29) is 0 Å². The predicted molar refractivity (Wildman–Crippen MR) is 84.5 cm³/mol. The highest BCUT2D eigenvalue weighted by Crippen LogP contribution is 2.25. The van der Waals surface area contributed by atoms with Gasteiger partial charge < -0.3 is 4.74 Å². The van der Waals surface area contributed by atoms with E-state index in [0.717, 1.165) is 22.5 Å². The minimum Gasteiger partial charge on any atom is -0.494 e. The highest BCUT2D eigenvalue weighted by Gasteiger charge is 2.10. The van der Waals surface area contributed by atoms with E-state index in [1.165, 1.54) is 5.56 Å². The lowest BCUT2D eigenvalue weighted by atomic mass is 9.98. The summed E-state index contributed by atoms with van der Waals surface area (Å²) in [7, 11) is 0. The zero-order valence-corrected chi connectivity index (χ0v) is 12.9. The van der Waals surface area contributed by atoms with Gasteiger partial charge in [-0.25, -0.2) is 0 Å². The maximum atomic E-state index is 6.03. The standard InChI is InChI=1S/C16H16BrClO/c17-12-14(13-5-4-6-15(18)11-13)9-10-19-16-7-2-1-3-8-16/h1-8,11,14H,9-10,12H2. The molecule has 2 aromatic rings. The molecule has 1 unspecified atom stereocenters. The first-order valence-electron chi connectivity index (χ1n) is 6.29. The highest BCUT2D eigenvalue weighted by molar-refractivity contribution is 9.09. The summed E-state index contributed by atoms with van der Waals surface area (Å²) in [5.41, 5.74) is 1.25. The lowest BCUT2D eigenvalue weighted by Crippen LogP contribution is -2.07. The van der Waals surface area contributed by atoms with Crippen LogP contribution in [-0.2, 0) is 0 Å². The SMILES string of the molecule is Clc1cccc(C(CBr)CCOc2ccccc2)c1. The number of hydrogen-bond donors (Lipinski definition) is 0. The average molecular weight is 340 g/mol. The molecule has 3 heteroatoms. The van der Waals surface area contributed by atoms with Crippen LogP contribution in [0.3, 0.4) is 0 Å². The van der Waals surface area contributed by atoms with Crippen molar-refractivity contribution >= 4 is 27.5 Å².